The minimum Gasteiger partial charge on any atom is -0.489 e. The van der Waals surface area contributed by atoms with Crippen molar-refractivity contribution in [1.82, 2.24) is 0 Å². The second-order valence-corrected chi connectivity index (χ2v) is 7.54. The number of nitrogens with two attached hydrogens (primary N) is 1. The molecule has 0 spiro atoms. The largest absolute Gasteiger partial charge is 0.489 e. The lowest BCUT2D eigenvalue weighted by atomic mass is 9.94. The Kier molecular flexibility index (Phi) is 6.53. The molecular formula is C25H26FNO3. The number of aryl methyl sites for hydroxylation is 1. The summed E-state index contributed by atoms with van der Waals surface area (Å²) in [5.41, 5.74) is 11.3. The molecule has 0 radical (unpaired) electrons. The van der Waals surface area contributed by atoms with E-state index in [1.807, 2.05) is 38.1 Å². The van der Waals surface area contributed by atoms with E-state index in [4.69, 9.17) is 15.6 Å². The van der Waals surface area contributed by atoms with E-state index < -0.39 is 12.0 Å². The molecule has 1 unspecified atom stereocenters. The number of carboxylic acid groups (broad SMARTS) is 1. The van der Waals surface area contributed by atoms with E-state index in [-0.39, 0.29) is 18.8 Å². The summed E-state index contributed by atoms with van der Waals surface area (Å²) in [7, 11) is 0. The topological polar surface area (TPSA) is 72.5 Å². The van der Waals surface area contributed by atoms with Gasteiger partial charge in [0.2, 0.25) is 0 Å². The summed E-state index contributed by atoms with van der Waals surface area (Å²) in [6.45, 7) is 5.99. The molecule has 0 aromatic heterocycles. The zero-order valence-electron chi connectivity index (χ0n) is 17.4. The Morgan fingerprint density at radius 3 is 2.53 bits per heavy atom. The number of hydrogen-bond donors (Lipinski definition) is 2. The molecule has 1 atom stereocenters. The van der Waals surface area contributed by atoms with Crippen molar-refractivity contribution in [2.75, 3.05) is 0 Å². The minimum atomic E-state index is -0.912. The van der Waals surface area contributed by atoms with Gasteiger partial charge in [-0.2, -0.15) is 0 Å². The van der Waals surface area contributed by atoms with Crippen molar-refractivity contribution in [3.63, 3.8) is 0 Å². The lowest BCUT2D eigenvalue weighted by Crippen LogP contribution is -2.08. The number of aliphatic carboxylic acids is 1. The molecule has 3 N–H and O–H groups in total. The highest BCUT2D eigenvalue weighted by Crippen LogP contribution is 2.31. The maximum absolute atomic E-state index is 15.0. The minimum absolute atomic E-state index is 0.108. The Hall–Kier alpha value is -3.18. The maximum atomic E-state index is 15.0. The van der Waals surface area contributed by atoms with Crippen LogP contribution in [0.5, 0.6) is 5.75 Å². The first kappa shape index (κ1) is 21.5. The zero-order chi connectivity index (χ0) is 21.8. The van der Waals surface area contributed by atoms with Crippen LogP contribution in [0.1, 0.15) is 40.8 Å². The number of carboxylic acids is 1. The van der Waals surface area contributed by atoms with Gasteiger partial charge in [0.1, 0.15) is 18.2 Å². The fourth-order valence-corrected chi connectivity index (χ4v) is 3.47. The molecule has 3 aromatic rings. The second kappa shape index (κ2) is 9.09. The predicted octanol–water partition coefficient (Wildman–Crippen LogP) is 5.34. The third-order valence-electron chi connectivity index (χ3n) is 5.30. The van der Waals surface area contributed by atoms with Gasteiger partial charge in [-0.3, -0.25) is 4.79 Å². The molecule has 0 aliphatic carbocycles. The van der Waals surface area contributed by atoms with Crippen molar-refractivity contribution in [2.45, 2.75) is 39.8 Å². The number of hydrogen-bond acceptors (Lipinski definition) is 3. The Labute approximate surface area is 176 Å². The van der Waals surface area contributed by atoms with Crippen LogP contribution in [0.2, 0.25) is 0 Å². The van der Waals surface area contributed by atoms with Crippen molar-refractivity contribution in [3.8, 4) is 16.9 Å². The molecule has 0 fully saturated rings. The fraction of sp³-hybridized carbons (Fsp3) is 0.240. The number of rotatable bonds is 7. The van der Waals surface area contributed by atoms with Crippen LogP contribution < -0.4 is 10.5 Å². The molecule has 4 nitrogen and oxygen atoms in total. The molecule has 0 aliphatic rings. The number of para-hydroxylation sites is 1. The van der Waals surface area contributed by atoms with Crippen molar-refractivity contribution in [1.29, 1.82) is 0 Å². The fourth-order valence-electron chi connectivity index (χ4n) is 3.47. The molecule has 0 bridgehead atoms. The van der Waals surface area contributed by atoms with Gasteiger partial charge in [0.15, 0.2) is 0 Å². The molecule has 0 amide bonds. The molecule has 30 heavy (non-hydrogen) atoms. The smallest absolute Gasteiger partial charge is 0.307 e. The van der Waals surface area contributed by atoms with Gasteiger partial charge in [0.05, 0.1) is 6.42 Å². The Morgan fingerprint density at radius 1 is 1.10 bits per heavy atom. The molecule has 0 saturated carbocycles. The van der Waals surface area contributed by atoms with Crippen LogP contribution in [0.3, 0.4) is 0 Å². The third-order valence-corrected chi connectivity index (χ3v) is 5.30. The van der Waals surface area contributed by atoms with Gasteiger partial charge in [-0.05, 0) is 55.2 Å². The van der Waals surface area contributed by atoms with E-state index in [1.165, 1.54) is 0 Å². The van der Waals surface area contributed by atoms with Gasteiger partial charge < -0.3 is 15.6 Å². The molecule has 3 aromatic carbocycles. The molecule has 3 rings (SSSR count). The molecule has 156 valence electrons. The molecule has 5 heteroatoms. The average Bonchev–Trinajstić information content (AvgIpc) is 2.69. The van der Waals surface area contributed by atoms with Crippen LogP contribution in [0, 0.1) is 19.7 Å². The average molecular weight is 407 g/mol. The second-order valence-electron chi connectivity index (χ2n) is 7.54. The number of ether oxygens (including phenoxy) is 1. The summed E-state index contributed by atoms with van der Waals surface area (Å²) in [6.07, 6.45) is -0.108. The number of benzene rings is 3. The Morgan fingerprint density at radius 2 is 1.83 bits per heavy atom. The first-order valence-corrected chi connectivity index (χ1v) is 9.85. The van der Waals surface area contributed by atoms with Gasteiger partial charge >= 0.3 is 5.97 Å². The number of halogens is 1. The van der Waals surface area contributed by atoms with Gasteiger partial charge in [0.25, 0.3) is 0 Å². The lowest BCUT2D eigenvalue weighted by Gasteiger charge is -2.16. The van der Waals surface area contributed by atoms with Crippen LogP contribution in [-0.2, 0) is 17.8 Å². The number of carbonyl (C=O) groups is 1. The standard InChI is InChI=1S/C25H26FNO3/c1-15-11-19(22-9-6-8-21(17(3)27)25(22)26)12-20(16(15)2)14-30-23-10-5-4-7-18(23)13-24(28)29/h4-12,17H,13-14,27H2,1-3H3,(H,28,29). The van der Waals surface area contributed by atoms with Crippen molar-refractivity contribution in [3.05, 3.63) is 88.2 Å². The first-order chi connectivity index (χ1) is 14.3. The lowest BCUT2D eigenvalue weighted by molar-refractivity contribution is -0.136. The van der Waals surface area contributed by atoms with Gasteiger partial charge in [0, 0.05) is 22.7 Å². The molecule has 0 saturated heterocycles. The van der Waals surface area contributed by atoms with E-state index in [0.717, 1.165) is 22.3 Å². The van der Waals surface area contributed by atoms with Crippen molar-refractivity contribution < 1.29 is 19.0 Å². The summed E-state index contributed by atoms with van der Waals surface area (Å²) in [4.78, 5) is 11.1. The van der Waals surface area contributed by atoms with Crippen molar-refractivity contribution in [2.24, 2.45) is 5.73 Å². The van der Waals surface area contributed by atoms with Crippen LogP contribution in [0.15, 0.2) is 54.6 Å². The molecule has 0 heterocycles. The van der Waals surface area contributed by atoms with E-state index in [1.54, 1.807) is 37.3 Å². The Bertz CT molecular complexity index is 1080. The Balaban J connectivity index is 1.94. The first-order valence-electron chi connectivity index (χ1n) is 9.85. The zero-order valence-corrected chi connectivity index (χ0v) is 17.4. The normalized spacial score (nSPS) is 11.9. The van der Waals surface area contributed by atoms with E-state index in [0.29, 0.717) is 22.4 Å². The highest BCUT2D eigenvalue weighted by molar-refractivity contribution is 5.71. The van der Waals surface area contributed by atoms with Gasteiger partial charge in [-0.15, -0.1) is 0 Å². The summed E-state index contributed by atoms with van der Waals surface area (Å²) in [5, 5.41) is 9.11. The molecular weight excluding hydrogens is 381 g/mol. The highest BCUT2D eigenvalue weighted by atomic mass is 19.1. The highest BCUT2D eigenvalue weighted by Gasteiger charge is 2.15. The van der Waals surface area contributed by atoms with E-state index in [9.17, 15) is 4.79 Å². The quantitative estimate of drug-likeness (QED) is 0.555. The van der Waals surface area contributed by atoms with Gasteiger partial charge in [-0.25, -0.2) is 4.39 Å². The summed E-state index contributed by atoms with van der Waals surface area (Å²) in [5.74, 6) is -0.688. The van der Waals surface area contributed by atoms with Crippen LogP contribution in [0.4, 0.5) is 4.39 Å². The third kappa shape index (κ3) is 4.69. The van der Waals surface area contributed by atoms with Crippen molar-refractivity contribution >= 4 is 5.97 Å². The molecule has 0 aliphatic heterocycles. The van der Waals surface area contributed by atoms with Crippen LogP contribution in [-0.4, -0.2) is 11.1 Å². The van der Waals surface area contributed by atoms with E-state index in [2.05, 4.69) is 0 Å². The SMILES string of the molecule is Cc1cc(-c2cccc(C(C)N)c2F)cc(COc2ccccc2CC(=O)O)c1C. The van der Waals surface area contributed by atoms with Crippen LogP contribution >= 0.6 is 0 Å². The monoisotopic (exact) mass is 407 g/mol. The summed E-state index contributed by atoms with van der Waals surface area (Å²) in [6, 6.07) is 15.8. The maximum Gasteiger partial charge on any atom is 0.307 e. The van der Waals surface area contributed by atoms with Crippen LogP contribution in [0.25, 0.3) is 11.1 Å². The van der Waals surface area contributed by atoms with E-state index >= 15 is 4.39 Å². The summed E-state index contributed by atoms with van der Waals surface area (Å²) >= 11 is 0. The summed E-state index contributed by atoms with van der Waals surface area (Å²) < 4.78 is 21.0. The predicted molar refractivity (Wildman–Crippen MR) is 116 cm³/mol. The van der Waals surface area contributed by atoms with Gasteiger partial charge in [-0.1, -0.05) is 42.5 Å².